The number of anilines is 3. The summed E-state index contributed by atoms with van der Waals surface area (Å²) in [5.41, 5.74) is 7.94. The first kappa shape index (κ1) is 26.8. The second-order valence-corrected chi connectivity index (χ2v) is 14.7. The number of aromatic nitrogens is 2. The van der Waals surface area contributed by atoms with Crippen LogP contribution in [-0.4, -0.2) is 9.97 Å². The molecule has 3 aromatic heterocycles. The van der Waals surface area contributed by atoms with E-state index in [1.807, 2.05) is 60.7 Å². The number of rotatable bonds is 2. The Morgan fingerprint density at radius 1 is 0.540 bits per heavy atom. The highest BCUT2D eigenvalue weighted by molar-refractivity contribution is 7.99. The molecular weight excluding hydrogens is 659 g/mol. The second kappa shape index (κ2) is 9.75. The van der Waals surface area contributed by atoms with Gasteiger partial charge in [0.2, 0.25) is 11.8 Å². The summed E-state index contributed by atoms with van der Waals surface area (Å²) >= 11 is 3.57. The molecule has 0 saturated heterocycles. The van der Waals surface area contributed by atoms with E-state index in [-0.39, 0.29) is 0 Å². The number of oxazole rings is 2. The Hall–Kier alpha value is -6.09. The summed E-state index contributed by atoms with van der Waals surface area (Å²) in [6.07, 6.45) is 0. The normalized spacial score (nSPS) is 13.2. The van der Waals surface area contributed by atoms with Crippen molar-refractivity contribution in [1.82, 2.24) is 9.97 Å². The summed E-state index contributed by atoms with van der Waals surface area (Å²) in [6.45, 7) is 0. The van der Waals surface area contributed by atoms with Crippen molar-refractivity contribution < 1.29 is 13.6 Å². The standard InChI is InChI=1S/C42H21N3O3S2/c1-2-8-25-22(7-1)13-16-26-27-21-36-37-38(40(27)50-39(25)26)46-34-17-14-23(41-43-28-9-3-5-11-32(28)47-41)19-30(34)45(37)31-20-24(15-18-35(31)49-36)42-44-29-10-4-6-12-33(29)48-42/h1-21H. The van der Waals surface area contributed by atoms with Crippen LogP contribution in [0, 0.1) is 0 Å². The number of hydrogen-bond acceptors (Lipinski definition) is 8. The molecule has 0 unspecified atom stereocenters. The van der Waals surface area contributed by atoms with Crippen molar-refractivity contribution in [2.75, 3.05) is 4.90 Å². The minimum Gasteiger partial charge on any atom is -0.451 e. The predicted molar refractivity (Wildman–Crippen MR) is 202 cm³/mol. The molecule has 6 nitrogen and oxygen atoms in total. The molecule has 0 N–H and O–H groups in total. The molecule has 50 heavy (non-hydrogen) atoms. The lowest BCUT2D eigenvalue weighted by Crippen LogP contribution is -2.20. The molecule has 12 rings (SSSR count). The highest BCUT2D eigenvalue weighted by atomic mass is 32.2. The summed E-state index contributed by atoms with van der Waals surface area (Å²) in [5, 5.41) is 4.94. The third-order valence-electron chi connectivity index (χ3n) is 9.69. The van der Waals surface area contributed by atoms with Gasteiger partial charge in [0.05, 0.1) is 16.1 Å². The highest BCUT2D eigenvalue weighted by Gasteiger charge is 2.37. The van der Waals surface area contributed by atoms with Crippen LogP contribution in [-0.2, 0) is 0 Å². The van der Waals surface area contributed by atoms with E-state index in [1.54, 1.807) is 23.1 Å². The van der Waals surface area contributed by atoms with Gasteiger partial charge in [-0.15, -0.1) is 11.3 Å². The van der Waals surface area contributed by atoms with Crippen LogP contribution in [0.4, 0.5) is 17.1 Å². The molecule has 7 aromatic carbocycles. The van der Waals surface area contributed by atoms with Gasteiger partial charge in [-0.2, -0.15) is 0 Å². The molecule has 8 heteroatoms. The van der Waals surface area contributed by atoms with E-state index in [4.69, 9.17) is 23.5 Å². The summed E-state index contributed by atoms with van der Waals surface area (Å²) in [7, 11) is 0. The Labute approximate surface area is 292 Å². The van der Waals surface area contributed by atoms with Crippen LogP contribution in [0.2, 0.25) is 0 Å². The first-order chi connectivity index (χ1) is 24.7. The molecule has 0 bridgehead atoms. The van der Waals surface area contributed by atoms with Gasteiger partial charge >= 0.3 is 0 Å². The van der Waals surface area contributed by atoms with E-state index < -0.39 is 0 Å². The average Bonchev–Trinajstić information content (AvgIpc) is 3.90. The van der Waals surface area contributed by atoms with Crippen LogP contribution in [0.25, 0.3) is 76.1 Å². The van der Waals surface area contributed by atoms with Crippen molar-refractivity contribution in [3.8, 4) is 34.4 Å². The first-order valence-electron chi connectivity index (χ1n) is 16.3. The molecule has 0 saturated carbocycles. The van der Waals surface area contributed by atoms with Gasteiger partial charge in [-0.1, -0.05) is 72.4 Å². The van der Waals surface area contributed by atoms with Crippen molar-refractivity contribution in [3.63, 3.8) is 0 Å². The van der Waals surface area contributed by atoms with Crippen molar-refractivity contribution >= 4 is 93.3 Å². The van der Waals surface area contributed by atoms with Crippen LogP contribution >= 0.6 is 23.1 Å². The van der Waals surface area contributed by atoms with E-state index in [9.17, 15) is 0 Å². The smallest absolute Gasteiger partial charge is 0.227 e. The van der Waals surface area contributed by atoms with Crippen molar-refractivity contribution in [2.24, 2.45) is 0 Å². The fourth-order valence-corrected chi connectivity index (χ4v) is 9.76. The maximum atomic E-state index is 6.97. The third-order valence-corrected chi connectivity index (χ3v) is 12.0. The second-order valence-electron chi connectivity index (χ2n) is 12.6. The maximum absolute atomic E-state index is 6.97. The molecule has 2 aliphatic heterocycles. The van der Waals surface area contributed by atoms with E-state index in [0.717, 1.165) is 76.4 Å². The molecule has 5 heterocycles. The molecule has 2 aliphatic rings. The number of thiophene rings is 1. The lowest BCUT2D eigenvalue weighted by molar-refractivity contribution is 0.481. The van der Waals surface area contributed by atoms with E-state index in [2.05, 4.69) is 71.6 Å². The third kappa shape index (κ3) is 3.69. The predicted octanol–water partition coefficient (Wildman–Crippen LogP) is 12.9. The van der Waals surface area contributed by atoms with Crippen LogP contribution in [0.15, 0.2) is 146 Å². The summed E-state index contributed by atoms with van der Waals surface area (Å²) in [4.78, 5) is 14.3. The van der Waals surface area contributed by atoms with Gasteiger partial charge in [-0.3, -0.25) is 0 Å². The summed E-state index contributed by atoms with van der Waals surface area (Å²) < 4.78 is 21.8. The monoisotopic (exact) mass is 679 g/mol. The first-order valence-corrected chi connectivity index (χ1v) is 17.9. The van der Waals surface area contributed by atoms with Crippen molar-refractivity contribution in [3.05, 3.63) is 127 Å². The highest BCUT2D eigenvalue weighted by Crippen LogP contribution is 2.63. The molecular formula is C42H21N3O3S2. The minimum absolute atomic E-state index is 0.568. The topological polar surface area (TPSA) is 64.5 Å². The number of fused-ring (bicyclic) bond motifs is 12. The maximum Gasteiger partial charge on any atom is 0.227 e. The van der Waals surface area contributed by atoms with Crippen molar-refractivity contribution in [1.29, 1.82) is 0 Å². The Balaban J connectivity index is 1.12. The molecule has 0 atom stereocenters. The van der Waals surface area contributed by atoms with E-state index in [0.29, 0.717) is 11.8 Å². The zero-order chi connectivity index (χ0) is 32.5. The molecule has 0 radical (unpaired) electrons. The Bertz CT molecular complexity index is 2930. The largest absolute Gasteiger partial charge is 0.451 e. The molecule has 0 fully saturated rings. The average molecular weight is 680 g/mol. The number of benzene rings is 7. The van der Waals surface area contributed by atoms with Crippen LogP contribution < -0.4 is 9.64 Å². The van der Waals surface area contributed by atoms with E-state index >= 15 is 0 Å². The fourth-order valence-electron chi connectivity index (χ4n) is 7.37. The number of nitrogens with zero attached hydrogens (tertiary/aromatic N) is 3. The lowest BCUT2D eigenvalue weighted by atomic mass is 10.0. The molecule has 234 valence electrons. The molecule has 0 amide bonds. The fraction of sp³-hybridized carbons (Fsp3) is 0. The van der Waals surface area contributed by atoms with Gasteiger partial charge in [0.25, 0.3) is 0 Å². The van der Waals surface area contributed by atoms with Crippen LogP contribution in [0.5, 0.6) is 11.5 Å². The number of hydrogen-bond donors (Lipinski definition) is 0. The van der Waals surface area contributed by atoms with E-state index in [1.165, 1.54) is 26.2 Å². The van der Waals surface area contributed by atoms with Gasteiger partial charge in [-0.25, -0.2) is 9.97 Å². The van der Waals surface area contributed by atoms with Crippen molar-refractivity contribution in [2.45, 2.75) is 9.79 Å². The Morgan fingerprint density at radius 3 is 2.02 bits per heavy atom. The zero-order valence-electron chi connectivity index (χ0n) is 26.0. The molecule has 0 spiro atoms. The lowest BCUT2D eigenvalue weighted by Gasteiger charge is -2.38. The van der Waals surface area contributed by atoms with Crippen LogP contribution in [0.3, 0.4) is 0 Å². The Kier molecular flexibility index (Phi) is 5.23. The minimum atomic E-state index is 0.568. The van der Waals surface area contributed by atoms with Gasteiger partial charge in [0, 0.05) is 36.4 Å². The van der Waals surface area contributed by atoms with Gasteiger partial charge in [0.1, 0.15) is 16.7 Å². The Morgan fingerprint density at radius 2 is 1.24 bits per heavy atom. The van der Waals surface area contributed by atoms with Gasteiger partial charge < -0.3 is 18.5 Å². The van der Waals surface area contributed by atoms with Gasteiger partial charge in [0.15, 0.2) is 22.7 Å². The summed E-state index contributed by atoms with van der Waals surface area (Å²) in [5.74, 6) is 2.79. The quantitative estimate of drug-likeness (QED) is 0.180. The SMILES string of the molecule is c1ccc2c(c1)ccc1c3cc4c5c(c3sc21)Oc1ccc(-c2nc3ccccc3o2)cc1N5c1cc(-c2nc3ccccc3o2)ccc1S4. The van der Waals surface area contributed by atoms with Gasteiger partial charge in [-0.05, 0) is 77.5 Å². The summed E-state index contributed by atoms with van der Waals surface area (Å²) in [6, 6.07) is 43.8. The van der Waals surface area contributed by atoms with Crippen LogP contribution in [0.1, 0.15) is 0 Å². The number of para-hydroxylation sites is 4. The number of ether oxygens (including phenoxy) is 1. The molecule has 10 aromatic rings. The zero-order valence-corrected chi connectivity index (χ0v) is 27.6. The molecule has 0 aliphatic carbocycles.